The van der Waals surface area contributed by atoms with E-state index in [-0.39, 0.29) is 11.8 Å². The van der Waals surface area contributed by atoms with Crippen molar-refractivity contribution in [3.63, 3.8) is 0 Å². The molecule has 0 saturated heterocycles. The molecule has 1 fully saturated rings. The van der Waals surface area contributed by atoms with Gasteiger partial charge in [0.25, 0.3) is 0 Å². The molecule has 0 spiro atoms. The summed E-state index contributed by atoms with van der Waals surface area (Å²) >= 11 is 13.5. The molecule has 2 N–H and O–H groups in total. The van der Waals surface area contributed by atoms with Crippen molar-refractivity contribution in [3.8, 4) is 11.3 Å². The molecule has 1 saturated carbocycles. The van der Waals surface area contributed by atoms with Crippen molar-refractivity contribution in [2.24, 2.45) is 5.92 Å². The molecule has 0 unspecified atom stereocenters. The lowest BCUT2D eigenvalue weighted by atomic mass is 9.88. The van der Waals surface area contributed by atoms with Crippen molar-refractivity contribution in [2.45, 2.75) is 32.1 Å². The fraction of sp³-hybridized carbons (Fsp3) is 0.273. The van der Waals surface area contributed by atoms with Crippen LogP contribution in [0.5, 0.6) is 0 Å². The second kappa shape index (κ2) is 9.16. The molecule has 0 radical (unpaired) electrons. The topological polar surface area (TPSA) is 54.0 Å². The fourth-order valence-electron chi connectivity index (χ4n) is 3.49. The first-order valence-electron chi connectivity index (χ1n) is 9.67. The van der Waals surface area contributed by atoms with Crippen LogP contribution in [0.2, 0.25) is 10.0 Å². The lowest BCUT2D eigenvalue weighted by Gasteiger charge is -2.20. The molecule has 0 bridgehead atoms. The van der Waals surface area contributed by atoms with E-state index in [1.165, 1.54) is 17.8 Å². The largest absolute Gasteiger partial charge is 0.331 e. The molecule has 150 valence electrons. The minimum Gasteiger partial charge on any atom is -0.331 e. The molecular formula is C22H21Cl2N3OS. The number of nitrogens with zero attached hydrogens (tertiary/aromatic N) is 1. The van der Waals surface area contributed by atoms with E-state index in [2.05, 4.69) is 15.6 Å². The summed E-state index contributed by atoms with van der Waals surface area (Å²) in [6.07, 6.45) is 5.54. The molecule has 3 aromatic rings. The summed E-state index contributed by atoms with van der Waals surface area (Å²) < 4.78 is 0. The zero-order valence-electron chi connectivity index (χ0n) is 15.8. The van der Waals surface area contributed by atoms with Crippen molar-refractivity contribution < 1.29 is 4.79 Å². The maximum Gasteiger partial charge on any atom is 0.227 e. The third kappa shape index (κ3) is 5.10. The van der Waals surface area contributed by atoms with Gasteiger partial charge in [-0.3, -0.25) is 4.79 Å². The summed E-state index contributed by atoms with van der Waals surface area (Å²) in [4.78, 5) is 17.0. The summed E-state index contributed by atoms with van der Waals surface area (Å²) in [5.41, 5.74) is 3.54. The summed E-state index contributed by atoms with van der Waals surface area (Å²) in [5.74, 6) is 0.288. The second-order valence-corrected chi connectivity index (χ2v) is 8.87. The van der Waals surface area contributed by atoms with Crippen LogP contribution < -0.4 is 10.6 Å². The Hall–Kier alpha value is -2.08. The third-order valence-corrected chi connectivity index (χ3v) is 6.60. The number of thiazole rings is 1. The molecule has 0 aliphatic heterocycles. The molecule has 4 nitrogen and oxygen atoms in total. The van der Waals surface area contributed by atoms with Gasteiger partial charge in [-0.1, -0.05) is 54.6 Å². The van der Waals surface area contributed by atoms with Gasteiger partial charge in [-0.05, 0) is 43.2 Å². The van der Waals surface area contributed by atoms with Gasteiger partial charge < -0.3 is 10.6 Å². The molecule has 1 aliphatic rings. The molecule has 7 heteroatoms. The van der Waals surface area contributed by atoms with E-state index in [1.807, 2.05) is 35.7 Å². The Labute approximate surface area is 184 Å². The van der Waals surface area contributed by atoms with Crippen LogP contribution in [0.4, 0.5) is 16.5 Å². The number of carbonyl (C=O) groups is 1. The first-order chi connectivity index (χ1) is 14.1. The number of carbonyl (C=O) groups excluding carboxylic acids is 1. The van der Waals surface area contributed by atoms with E-state index >= 15 is 0 Å². The van der Waals surface area contributed by atoms with Gasteiger partial charge in [-0.2, -0.15) is 0 Å². The van der Waals surface area contributed by atoms with Crippen LogP contribution in [-0.2, 0) is 4.79 Å². The first-order valence-corrected chi connectivity index (χ1v) is 11.3. The highest BCUT2D eigenvalue weighted by Crippen LogP contribution is 2.31. The SMILES string of the molecule is O=C(Nc1ccc(-c2csc(Nc3ccc(Cl)c(Cl)c3)n2)cc1)C1CCCCC1. The Morgan fingerprint density at radius 1 is 0.966 bits per heavy atom. The second-order valence-electron chi connectivity index (χ2n) is 7.19. The molecule has 1 amide bonds. The molecule has 2 aromatic carbocycles. The van der Waals surface area contributed by atoms with E-state index < -0.39 is 0 Å². The molecule has 1 aliphatic carbocycles. The average Bonchev–Trinajstić information content (AvgIpc) is 3.20. The lowest BCUT2D eigenvalue weighted by Crippen LogP contribution is -2.24. The Morgan fingerprint density at radius 3 is 2.41 bits per heavy atom. The first kappa shape index (κ1) is 20.2. The third-order valence-electron chi connectivity index (χ3n) is 5.10. The van der Waals surface area contributed by atoms with E-state index in [0.29, 0.717) is 10.0 Å². The van der Waals surface area contributed by atoms with Crippen LogP contribution in [0.3, 0.4) is 0 Å². The van der Waals surface area contributed by atoms with E-state index in [9.17, 15) is 4.79 Å². The Kier molecular flexibility index (Phi) is 6.38. The van der Waals surface area contributed by atoms with Crippen molar-refractivity contribution >= 4 is 57.0 Å². The van der Waals surface area contributed by atoms with Crippen LogP contribution in [0, 0.1) is 5.92 Å². The van der Waals surface area contributed by atoms with Gasteiger partial charge in [0.2, 0.25) is 5.91 Å². The minimum atomic E-state index is 0.138. The van der Waals surface area contributed by atoms with Crippen molar-refractivity contribution in [1.29, 1.82) is 0 Å². The number of amides is 1. The Bertz CT molecular complexity index is 998. The average molecular weight is 446 g/mol. The molecule has 29 heavy (non-hydrogen) atoms. The molecule has 0 atom stereocenters. The van der Waals surface area contributed by atoms with Crippen LogP contribution in [0.15, 0.2) is 47.8 Å². The van der Waals surface area contributed by atoms with Gasteiger partial charge in [-0.15, -0.1) is 11.3 Å². The highest BCUT2D eigenvalue weighted by Gasteiger charge is 2.21. The lowest BCUT2D eigenvalue weighted by molar-refractivity contribution is -0.120. The van der Waals surface area contributed by atoms with Gasteiger partial charge >= 0.3 is 0 Å². The Balaban J connectivity index is 1.40. The normalized spacial score (nSPS) is 14.6. The molecule has 1 aromatic heterocycles. The van der Waals surface area contributed by atoms with Gasteiger partial charge in [0.1, 0.15) is 0 Å². The molecular weight excluding hydrogens is 425 g/mol. The van der Waals surface area contributed by atoms with Crippen LogP contribution >= 0.6 is 34.5 Å². The number of hydrogen-bond donors (Lipinski definition) is 2. The smallest absolute Gasteiger partial charge is 0.227 e. The summed E-state index contributed by atoms with van der Waals surface area (Å²) in [6, 6.07) is 13.2. The predicted octanol–water partition coefficient (Wildman–Crippen LogP) is 7.38. The summed E-state index contributed by atoms with van der Waals surface area (Å²) in [6.45, 7) is 0. The van der Waals surface area contributed by atoms with Crippen LogP contribution in [0.1, 0.15) is 32.1 Å². The van der Waals surface area contributed by atoms with Gasteiger partial charge in [-0.25, -0.2) is 4.98 Å². The monoisotopic (exact) mass is 445 g/mol. The minimum absolute atomic E-state index is 0.138. The maximum atomic E-state index is 12.4. The highest BCUT2D eigenvalue weighted by atomic mass is 35.5. The number of benzene rings is 2. The van der Waals surface area contributed by atoms with Crippen LogP contribution in [0.25, 0.3) is 11.3 Å². The van der Waals surface area contributed by atoms with Crippen molar-refractivity contribution in [3.05, 3.63) is 57.9 Å². The van der Waals surface area contributed by atoms with Gasteiger partial charge in [0.15, 0.2) is 5.13 Å². The Morgan fingerprint density at radius 2 is 1.69 bits per heavy atom. The zero-order valence-corrected chi connectivity index (χ0v) is 18.1. The van der Waals surface area contributed by atoms with Crippen LogP contribution in [-0.4, -0.2) is 10.9 Å². The summed E-state index contributed by atoms with van der Waals surface area (Å²) in [7, 11) is 0. The van der Waals surface area contributed by atoms with E-state index in [0.717, 1.165) is 53.4 Å². The molecule has 4 rings (SSSR count). The number of rotatable bonds is 5. The van der Waals surface area contributed by atoms with Crippen molar-refractivity contribution in [2.75, 3.05) is 10.6 Å². The maximum absolute atomic E-state index is 12.4. The predicted molar refractivity (Wildman–Crippen MR) is 122 cm³/mol. The fourth-order valence-corrected chi connectivity index (χ4v) is 4.53. The number of nitrogens with one attached hydrogen (secondary N) is 2. The number of aromatic nitrogens is 1. The van der Waals surface area contributed by atoms with Gasteiger partial charge in [0.05, 0.1) is 15.7 Å². The standard InChI is InChI=1S/C22H21Cl2N3OS/c23-18-11-10-17(12-19(18)24)26-22-27-20(13-29-22)14-6-8-16(9-7-14)25-21(28)15-4-2-1-3-5-15/h6-13,15H,1-5H2,(H,25,28)(H,26,27). The quantitative estimate of drug-likeness (QED) is 0.430. The number of halogens is 2. The van der Waals surface area contributed by atoms with E-state index in [4.69, 9.17) is 23.2 Å². The highest BCUT2D eigenvalue weighted by molar-refractivity contribution is 7.14. The zero-order chi connectivity index (χ0) is 20.2. The number of anilines is 3. The summed E-state index contributed by atoms with van der Waals surface area (Å²) in [5, 5.41) is 10.1. The van der Waals surface area contributed by atoms with Gasteiger partial charge in [0, 0.05) is 28.2 Å². The number of hydrogen-bond acceptors (Lipinski definition) is 4. The molecule has 1 heterocycles. The van der Waals surface area contributed by atoms with Crippen molar-refractivity contribution in [1.82, 2.24) is 4.98 Å². The van der Waals surface area contributed by atoms with E-state index in [1.54, 1.807) is 12.1 Å².